The van der Waals surface area contributed by atoms with Crippen LogP contribution in [-0.4, -0.2) is 16.4 Å². The first-order valence-corrected chi connectivity index (χ1v) is 6.49. The number of ether oxygens (including phenoxy) is 1. The zero-order chi connectivity index (χ0) is 17.1. The highest BCUT2D eigenvalue weighted by Crippen LogP contribution is 2.25. The first kappa shape index (κ1) is 9.32. The molecule has 0 N–H and O–H groups in total. The van der Waals surface area contributed by atoms with Crippen molar-refractivity contribution in [2.75, 3.05) is 6.61 Å². The lowest BCUT2D eigenvalue weighted by Crippen LogP contribution is -2.12. The van der Waals surface area contributed by atoms with Crippen molar-refractivity contribution in [3.63, 3.8) is 0 Å². The van der Waals surface area contributed by atoms with Crippen LogP contribution in [-0.2, 0) is 11.7 Å². The highest BCUT2D eigenvalue weighted by atomic mass is 16.5. The van der Waals surface area contributed by atoms with Gasteiger partial charge in [-0.3, -0.25) is 4.68 Å². The summed E-state index contributed by atoms with van der Waals surface area (Å²) in [6.45, 7) is 2.05. The fourth-order valence-electron chi connectivity index (χ4n) is 1.77. The van der Waals surface area contributed by atoms with Crippen LogP contribution in [0.15, 0.2) is 42.6 Å². The predicted molar refractivity (Wildman–Crippen MR) is 76.9 cm³/mol. The summed E-state index contributed by atoms with van der Waals surface area (Å²) in [7, 11) is 0. The van der Waals surface area contributed by atoms with Gasteiger partial charge in [-0.15, -0.1) is 0 Å². The molecule has 2 aromatic rings. The second-order valence-electron chi connectivity index (χ2n) is 4.85. The molecule has 0 aliphatic heterocycles. The van der Waals surface area contributed by atoms with E-state index in [1.165, 1.54) is 12.3 Å². The molecule has 0 aliphatic rings. The normalized spacial score (nSPS) is 18.3. The van der Waals surface area contributed by atoms with Crippen molar-refractivity contribution >= 4 is 0 Å². The molecule has 0 saturated heterocycles. The summed E-state index contributed by atoms with van der Waals surface area (Å²) in [4.78, 5) is 0. The van der Waals surface area contributed by atoms with Gasteiger partial charge in [0.05, 0.1) is 7.06 Å². The summed E-state index contributed by atoms with van der Waals surface area (Å²) in [5, 5.41) is 3.88. The number of aryl methyl sites for hydroxylation is 1. The van der Waals surface area contributed by atoms with Crippen molar-refractivity contribution in [3.8, 4) is 0 Å². The van der Waals surface area contributed by atoms with Crippen molar-refractivity contribution in [1.29, 1.82) is 0 Å². The second kappa shape index (κ2) is 6.53. The molecule has 0 amide bonds. The van der Waals surface area contributed by atoms with Gasteiger partial charge >= 0.3 is 0 Å². The Morgan fingerprint density at radius 1 is 1.32 bits per heavy atom. The molecule has 1 aromatic heterocycles. The maximum Gasteiger partial charge on any atom is 0.124 e. The van der Waals surface area contributed by atoms with Crippen LogP contribution in [0.4, 0.5) is 0 Å². The van der Waals surface area contributed by atoms with Gasteiger partial charge in [-0.25, -0.2) is 0 Å². The average Bonchev–Trinajstić information content (AvgIpc) is 2.98. The molecule has 1 unspecified atom stereocenters. The van der Waals surface area contributed by atoms with Gasteiger partial charge in [0, 0.05) is 23.9 Å². The predicted octanol–water partition coefficient (Wildman–Crippen LogP) is 3.57. The smallest absolute Gasteiger partial charge is 0.124 e. The quantitative estimate of drug-likeness (QED) is 0.795. The van der Waals surface area contributed by atoms with E-state index >= 15 is 0 Å². The monoisotopic (exact) mass is 262 g/mol. The lowest BCUT2D eigenvalue weighted by molar-refractivity contribution is 0.0669. The van der Waals surface area contributed by atoms with E-state index in [9.17, 15) is 0 Å². The van der Waals surface area contributed by atoms with E-state index in [2.05, 4.69) is 18.9 Å². The van der Waals surface area contributed by atoms with Crippen molar-refractivity contribution in [2.45, 2.75) is 26.3 Å². The Labute approximate surface area is 120 Å². The molecule has 0 bridgehead atoms. The standard InChI is InChI=1S/C16H22N2O/c1-13(2)10-12-19-16(14-7-5-4-6-8-14)15-9-11-17-18(15)3/h4-9,11,13,16H,10,12H2,1-3H3/i3D3,16D. The first-order valence-electron chi connectivity index (χ1n) is 8.49. The van der Waals surface area contributed by atoms with E-state index < -0.39 is 13.1 Å². The van der Waals surface area contributed by atoms with E-state index in [-0.39, 0.29) is 5.69 Å². The van der Waals surface area contributed by atoms with Gasteiger partial charge in [0.25, 0.3) is 0 Å². The number of hydrogen-bond donors (Lipinski definition) is 0. The molecule has 3 nitrogen and oxygen atoms in total. The molecule has 0 saturated carbocycles. The third-order valence-electron chi connectivity index (χ3n) is 2.85. The Balaban J connectivity index is 2.44. The van der Waals surface area contributed by atoms with Gasteiger partial charge in [-0.05, 0) is 24.0 Å². The summed E-state index contributed by atoms with van der Waals surface area (Å²) < 4.78 is 38.4. The van der Waals surface area contributed by atoms with Gasteiger partial charge in [-0.2, -0.15) is 5.10 Å². The number of nitrogens with zero attached hydrogens (tertiary/aromatic N) is 2. The summed E-state index contributed by atoms with van der Waals surface area (Å²) in [6, 6.07) is 10.5. The van der Waals surface area contributed by atoms with E-state index in [1.807, 2.05) is 6.07 Å². The van der Waals surface area contributed by atoms with Gasteiger partial charge < -0.3 is 4.74 Å². The van der Waals surface area contributed by atoms with E-state index in [0.29, 0.717) is 18.1 Å². The molecule has 1 atom stereocenters. The summed E-state index contributed by atoms with van der Waals surface area (Å²) in [6.07, 6.45) is 0.566. The Kier molecular flexibility index (Phi) is 3.20. The van der Waals surface area contributed by atoms with Crippen LogP contribution in [0.2, 0.25) is 0 Å². The third-order valence-corrected chi connectivity index (χ3v) is 2.85. The SMILES string of the molecule is [2H]C(OCCC(C)C)(c1ccccc1)c1ccnn1C([2H])([2H])[2H]. The Morgan fingerprint density at radius 3 is 2.79 bits per heavy atom. The van der Waals surface area contributed by atoms with Crippen molar-refractivity contribution in [1.82, 2.24) is 9.78 Å². The first-order chi connectivity index (χ1) is 10.7. The number of rotatable bonds is 6. The zero-order valence-electron chi connectivity index (χ0n) is 15.3. The fourth-order valence-corrected chi connectivity index (χ4v) is 1.77. The number of hydrogen-bond acceptors (Lipinski definition) is 2. The van der Waals surface area contributed by atoms with E-state index in [1.54, 1.807) is 24.3 Å². The van der Waals surface area contributed by atoms with E-state index in [4.69, 9.17) is 10.2 Å². The maximum absolute atomic E-state index is 8.85. The van der Waals surface area contributed by atoms with Crippen LogP contribution in [0, 0.1) is 5.92 Å². The van der Waals surface area contributed by atoms with Crippen molar-refractivity contribution in [2.24, 2.45) is 12.9 Å². The van der Waals surface area contributed by atoms with E-state index in [0.717, 1.165) is 11.1 Å². The molecule has 102 valence electrons. The third kappa shape index (κ3) is 3.67. The summed E-state index contributed by atoms with van der Waals surface area (Å²) in [5.41, 5.74) is 0.780. The summed E-state index contributed by atoms with van der Waals surface area (Å²) in [5.74, 6) is 0.433. The zero-order valence-corrected chi connectivity index (χ0v) is 11.3. The average molecular weight is 262 g/mol. The molecule has 0 radical (unpaired) electrons. The molecule has 2 rings (SSSR count). The molecule has 19 heavy (non-hydrogen) atoms. The minimum absolute atomic E-state index is 0.201. The Hall–Kier alpha value is -1.61. The van der Waals surface area contributed by atoms with Crippen LogP contribution in [0.1, 0.15) is 43.1 Å². The largest absolute Gasteiger partial charge is 0.367 e. The minimum Gasteiger partial charge on any atom is -0.367 e. The molecule has 0 spiro atoms. The Bertz CT molecular complexity index is 625. The van der Waals surface area contributed by atoms with Crippen LogP contribution >= 0.6 is 0 Å². The van der Waals surface area contributed by atoms with Crippen LogP contribution in [0.5, 0.6) is 0 Å². The van der Waals surface area contributed by atoms with Crippen LogP contribution in [0.25, 0.3) is 0 Å². The van der Waals surface area contributed by atoms with Gasteiger partial charge in [-0.1, -0.05) is 44.2 Å². The molecule has 0 aliphatic carbocycles. The second-order valence-corrected chi connectivity index (χ2v) is 4.85. The molecule has 1 aromatic carbocycles. The molecular formula is C16H22N2O. The Morgan fingerprint density at radius 2 is 2.11 bits per heavy atom. The molecular weight excluding hydrogens is 236 g/mol. The summed E-state index contributed by atoms with van der Waals surface area (Å²) >= 11 is 0. The highest BCUT2D eigenvalue weighted by molar-refractivity contribution is 5.25. The maximum atomic E-state index is 8.85. The van der Waals surface area contributed by atoms with Crippen LogP contribution < -0.4 is 0 Å². The van der Waals surface area contributed by atoms with Gasteiger partial charge in [0.15, 0.2) is 0 Å². The lowest BCUT2D eigenvalue weighted by atomic mass is 10.1. The highest BCUT2D eigenvalue weighted by Gasteiger charge is 2.17. The molecule has 3 heteroatoms. The van der Waals surface area contributed by atoms with Crippen LogP contribution in [0.3, 0.4) is 0 Å². The lowest BCUT2D eigenvalue weighted by Gasteiger charge is -2.19. The van der Waals surface area contributed by atoms with Gasteiger partial charge in [0.2, 0.25) is 0 Å². The molecule has 0 fully saturated rings. The minimum atomic E-state index is -2.46. The number of benzene rings is 1. The van der Waals surface area contributed by atoms with Crippen molar-refractivity contribution in [3.05, 3.63) is 53.9 Å². The molecule has 1 heterocycles. The fraction of sp³-hybridized carbons (Fsp3) is 0.438. The van der Waals surface area contributed by atoms with Gasteiger partial charge in [0.1, 0.15) is 6.08 Å². The number of aromatic nitrogens is 2. The topological polar surface area (TPSA) is 27.1 Å². The van der Waals surface area contributed by atoms with Crippen molar-refractivity contribution < 1.29 is 10.2 Å².